The van der Waals surface area contributed by atoms with Gasteiger partial charge in [0.25, 0.3) is 0 Å². The van der Waals surface area contributed by atoms with Gasteiger partial charge in [0.05, 0.1) is 0 Å². The Morgan fingerprint density at radius 1 is 1.18 bits per heavy atom. The lowest BCUT2D eigenvalue weighted by atomic mass is 9.98. The summed E-state index contributed by atoms with van der Waals surface area (Å²) in [5, 5.41) is 0. The summed E-state index contributed by atoms with van der Waals surface area (Å²) < 4.78 is 0.566. The van der Waals surface area contributed by atoms with Gasteiger partial charge < -0.3 is 0 Å². The van der Waals surface area contributed by atoms with Crippen LogP contribution in [-0.4, -0.2) is 59.1 Å². The van der Waals surface area contributed by atoms with Gasteiger partial charge in [-0.1, -0.05) is 6.42 Å². The van der Waals surface area contributed by atoms with Crippen molar-refractivity contribution in [2.45, 2.75) is 49.8 Å². The second kappa shape index (κ2) is 5.10. The molecule has 0 bridgehead atoms. The molecule has 0 amide bonds. The first-order chi connectivity index (χ1) is 8.25. The standard InChI is InChI=1S/C14H26N2S/c1-14(6-4-10-17-14)12-15-8-9-16-7-3-2-5-13(16)11-15/h13H,2-12H2,1H3. The number of piperazine rings is 1. The van der Waals surface area contributed by atoms with E-state index in [-0.39, 0.29) is 0 Å². The van der Waals surface area contributed by atoms with Crippen molar-refractivity contribution in [3.8, 4) is 0 Å². The van der Waals surface area contributed by atoms with Crippen molar-refractivity contribution in [2.75, 3.05) is 38.5 Å². The van der Waals surface area contributed by atoms with E-state index in [4.69, 9.17) is 0 Å². The smallest absolute Gasteiger partial charge is 0.0259 e. The SMILES string of the molecule is CC1(CN2CCN3CCCCC3C2)CCCS1. The summed E-state index contributed by atoms with van der Waals surface area (Å²) in [6.45, 7) is 9.17. The minimum Gasteiger partial charge on any atom is -0.299 e. The topological polar surface area (TPSA) is 6.48 Å². The van der Waals surface area contributed by atoms with Crippen LogP contribution in [0, 0.1) is 0 Å². The summed E-state index contributed by atoms with van der Waals surface area (Å²) in [6.07, 6.45) is 7.21. The molecule has 2 nitrogen and oxygen atoms in total. The van der Waals surface area contributed by atoms with Crippen molar-refractivity contribution >= 4 is 11.8 Å². The molecule has 3 saturated heterocycles. The maximum absolute atomic E-state index is 2.75. The van der Waals surface area contributed by atoms with E-state index in [1.165, 1.54) is 70.6 Å². The van der Waals surface area contributed by atoms with Gasteiger partial charge in [-0.2, -0.15) is 11.8 Å². The average molecular weight is 254 g/mol. The Kier molecular flexibility index (Phi) is 3.69. The van der Waals surface area contributed by atoms with Crippen LogP contribution in [0.25, 0.3) is 0 Å². The largest absolute Gasteiger partial charge is 0.299 e. The predicted molar refractivity (Wildman–Crippen MR) is 75.7 cm³/mol. The third-order valence-corrected chi connectivity index (χ3v) is 6.30. The van der Waals surface area contributed by atoms with Crippen LogP contribution in [0.4, 0.5) is 0 Å². The summed E-state index contributed by atoms with van der Waals surface area (Å²) in [4.78, 5) is 5.49. The van der Waals surface area contributed by atoms with E-state index in [1.54, 1.807) is 0 Å². The van der Waals surface area contributed by atoms with Gasteiger partial charge in [-0.15, -0.1) is 0 Å². The van der Waals surface area contributed by atoms with Crippen molar-refractivity contribution in [2.24, 2.45) is 0 Å². The monoisotopic (exact) mass is 254 g/mol. The zero-order valence-corrected chi connectivity index (χ0v) is 12.0. The molecule has 0 aromatic rings. The predicted octanol–water partition coefficient (Wildman–Crippen LogP) is 2.44. The Balaban J connectivity index is 1.55. The number of nitrogens with zero attached hydrogens (tertiary/aromatic N) is 2. The molecule has 3 rings (SSSR count). The third-order valence-electron chi connectivity index (χ3n) is 4.78. The molecular weight excluding hydrogens is 228 g/mol. The van der Waals surface area contributed by atoms with Gasteiger partial charge in [0.15, 0.2) is 0 Å². The van der Waals surface area contributed by atoms with E-state index in [9.17, 15) is 0 Å². The molecule has 3 aliphatic heterocycles. The van der Waals surface area contributed by atoms with E-state index < -0.39 is 0 Å². The zero-order valence-electron chi connectivity index (χ0n) is 11.2. The van der Waals surface area contributed by atoms with E-state index in [1.807, 2.05) is 0 Å². The van der Waals surface area contributed by atoms with Crippen LogP contribution in [-0.2, 0) is 0 Å². The summed E-state index contributed by atoms with van der Waals surface area (Å²) in [5.41, 5.74) is 0. The minimum atomic E-state index is 0.566. The van der Waals surface area contributed by atoms with Gasteiger partial charge in [0.2, 0.25) is 0 Å². The number of rotatable bonds is 2. The van der Waals surface area contributed by atoms with Crippen LogP contribution < -0.4 is 0 Å². The van der Waals surface area contributed by atoms with Crippen molar-refractivity contribution < 1.29 is 0 Å². The molecule has 3 fully saturated rings. The number of thioether (sulfide) groups is 1. The van der Waals surface area contributed by atoms with Gasteiger partial charge in [-0.3, -0.25) is 9.80 Å². The summed E-state index contributed by atoms with van der Waals surface area (Å²) in [5.74, 6) is 1.39. The third kappa shape index (κ3) is 2.82. The second-order valence-corrected chi connectivity index (χ2v) is 8.01. The van der Waals surface area contributed by atoms with Crippen LogP contribution in [0.1, 0.15) is 39.0 Å². The number of piperidine rings is 1. The Morgan fingerprint density at radius 3 is 2.94 bits per heavy atom. The molecule has 0 N–H and O–H groups in total. The van der Waals surface area contributed by atoms with E-state index in [0.717, 1.165) is 6.04 Å². The highest BCUT2D eigenvalue weighted by atomic mass is 32.2. The average Bonchev–Trinajstić information content (AvgIpc) is 2.76. The van der Waals surface area contributed by atoms with E-state index in [0.29, 0.717) is 4.75 Å². The molecule has 0 aromatic carbocycles. The Bertz CT molecular complexity index is 263. The quantitative estimate of drug-likeness (QED) is 0.747. The molecule has 98 valence electrons. The summed E-state index contributed by atoms with van der Waals surface area (Å²) in [7, 11) is 0. The van der Waals surface area contributed by atoms with Gasteiger partial charge in [-0.05, 0) is 44.9 Å². The highest BCUT2D eigenvalue weighted by Crippen LogP contribution is 2.38. The highest BCUT2D eigenvalue weighted by molar-refractivity contribution is 8.00. The normalized spacial score (nSPS) is 40.4. The fourth-order valence-electron chi connectivity index (χ4n) is 3.80. The molecular formula is C14H26N2S. The fraction of sp³-hybridized carbons (Fsp3) is 1.00. The van der Waals surface area contributed by atoms with Crippen LogP contribution >= 0.6 is 11.8 Å². The van der Waals surface area contributed by atoms with Crippen LogP contribution in [0.3, 0.4) is 0 Å². The molecule has 3 heterocycles. The fourth-order valence-corrected chi connectivity index (χ4v) is 5.14. The zero-order chi connectivity index (χ0) is 11.7. The number of hydrogen-bond donors (Lipinski definition) is 0. The Labute approximate surface area is 110 Å². The van der Waals surface area contributed by atoms with Gasteiger partial charge in [-0.25, -0.2) is 0 Å². The molecule has 2 atom stereocenters. The first-order valence-electron chi connectivity index (χ1n) is 7.36. The molecule has 17 heavy (non-hydrogen) atoms. The molecule has 0 aliphatic carbocycles. The van der Waals surface area contributed by atoms with E-state index >= 15 is 0 Å². The first-order valence-corrected chi connectivity index (χ1v) is 8.34. The lowest BCUT2D eigenvalue weighted by Crippen LogP contribution is -2.56. The molecule has 2 unspecified atom stereocenters. The Morgan fingerprint density at radius 2 is 2.12 bits per heavy atom. The maximum atomic E-state index is 2.75. The second-order valence-electron chi connectivity index (χ2n) is 6.32. The number of fused-ring (bicyclic) bond motifs is 1. The lowest BCUT2D eigenvalue weighted by Gasteiger charge is -2.45. The molecule has 0 aromatic heterocycles. The number of hydrogen-bond acceptors (Lipinski definition) is 3. The molecule has 0 spiro atoms. The van der Waals surface area contributed by atoms with Crippen molar-refractivity contribution in [1.82, 2.24) is 9.80 Å². The van der Waals surface area contributed by atoms with E-state index in [2.05, 4.69) is 28.5 Å². The van der Waals surface area contributed by atoms with Gasteiger partial charge in [0, 0.05) is 37.0 Å². The highest BCUT2D eigenvalue weighted by Gasteiger charge is 2.35. The Hall–Kier alpha value is 0.270. The van der Waals surface area contributed by atoms with Crippen molar-refractivity contribution in [1.29, 1.82) is 0 Å². The van der Waals surface area contributed by atoms with Crippen LogP contribution in [0.2, 0.25) is 0 Å². The summed E-state index contributed by atoms with van der Waals surface area (Å²) >= 11 is 2.21. The molecule has 0 saturated carbocycles. The summed E-state index contributed by atoms with van der Waals surface area (Å²) in [6, 6.07) is 0.882. The van der Waals surface area contributed by atoms with Gasteiger partial charge >= 0.3 is 0 Å². The van der Waals surface area contributed by atoms with Crippen molar-refractivity contribution in [3.63, 3.8) is 0 Å². The van der Waals surface area contributed by atoms with Crippen LogP contribution in [0.15, 0.2) is 0 Å². The first kappa shape index (κ1) is 12.3. The molecule has 0 radical (unpaired) electrons. The molecule has 3 aliphatic rings. The molecule has 3 heteroatoms. The van der Waals surface area contributed by atoms with Crippen molar-refractivity contribution in [3.05, 3.63) is 0 Å². The van der Waals surface area contributed by atoms with Crippen LogP contribution in [0.5, 0.6) is 0 Å². The van der Waals surface area contributed by atoms with Gasteiger partial charge in [0.1, 0.15) is 0 Å². The minimum absolute atomic E-state index is 0.566. The lowest BCUT2D eigenvalue weighted by molar-refractivity contribution is 0.0454. The maximum Gasteiger partial charge on any atom is 0.0259 e.